The van der Waals surface area contributed by atoms with Crippen molar-refractivity contribution >= 4 is 21.3 Å². The average molecular weight is 330 g/mol. The van der Waals surface area contributed by atoms with Crippen molar-refractivity contribution in [3.8, 4) is 5.75 Å². The number of nitrogens with one attached hydrogen (secondary N) is 1. The van der Waals surface area contributed by atoms with Crippen LogP contribution in [-0.2, 0) is 15.1 Å². The lowest BCUT2D eigenvalue weighted by molar-refractivity contribution is 0.109. The first-order chi connectivity index (χ1) is 10.4. The monoisotopic (exact) mass is 330 g/mol. The van der Waals surface area contributed by atoms with Gasteiger partial charge in [0.25, 0.3) is 0 Å². The molecule has 0 unspecified atom stereocenters. The fraction of sp³-hybridized carbons (Fsp3) is 0.308. The van der Waals surface area contributed by atoms with Crippen LogP contribution in [0.3, 0.4) is 0 Å². The minimum absolute atomic E-state index is 0.239. The molecule has 122 valence electrons. The number of morpholine rings is 1. The predicted octanol–water partition coefficient (Wildman–Crippen LogP) is 0.894. The SMILES string of the molecule is C1COCCN1.O=S(=O)(O)O.Oc1cccc2cccnc12. The summed E-state index contributed by atoms with van der Waals surface area (Å²) in [6.45, 7) is 3.83. The molecule has 1 aliphatic rings. The largest absolute Gasteiger partial charge is 0.506 e. The maximum absolute atomic E-state index is 9.31. The second kappa shape index (κ2) is 9.28. The molecular formula is C13H18N2O6S. The van der Waals surface area contributed by atoms with E-state index in [9.17, 15) is 5.11 Å². The van der Waals surface area contributed by atoms with E-state index < -0.39 is 10.4 Å². The zero-order chi connectivity index (χ0) is 16.4. The van der Waals surface area contributed by atoms with Crippen molar-refractivity contribution < 1.29 is 27.4 Å². The van der Waals surface area contributed by atoms with Crippen molar-refractivity contribution in [3.05, 3.63) is 36.5 Å². The molecule has 1 saturated heterocycles. The van der Waals surface area contributed by atoms with Gasteiger partial charge in [0.15, 0.2) is 0 Å². The van der Waals surface area contributed by atoms with Crippen LogP contribution in [0.4, 0.5) is 0 Å². The van der Waals surface area contributed by atoms with Crippen LogP contribution in [0.15, 0.2) is 36.5 Å². The molecule has 0 saturated carbocycles. The molecule has 0 atom stereocenters. The Balaban J connectivity index is 0.000000187. The molecule has 0 radical (unpaired) electrons. The quantitative estimate of drug-likeness (QED) is 0.524. The van der Waals surface area contributed by atoms with Crippen molar-refractivity contribution in [3.63, 3.8) is 0 Å². The maximum atomic E-state index is 9.31. The number of fused-ring (bicyclic) bond motifs is 1. The minimum atomic E-state index is -4.67. The van der Waals surface area contributed by atoms with Gasteiger partial charge in [-0.15, -0.1) is 0 Å². The number of phenols is 1. The molecule has 9 heteroatoms. The smallest absolute Gasteiger partial charge is 0.394 e. The molecule has 1 aromatic heterocycles. The highest BCUT2D eigenvalue weighted by Crippen LogP contribution is 2.20. The van der Waals surface area contributed by atoms with Gasteiger partial charge in [-0.2, -0.15) is 8.42 Å². The summed E-state index contributed by atoms with van der Waals surface area (Å²) in [5, 5.41) is 13.4. The zero-order valence-electron chi connectivity index (χ0n) is 11.7. The van der Waals surface area contributed by atoms with Crippen LogP contribution < -0.4 is 5.32 Å². The molecule has 1 aliphatic heterocycles. The highest BCUT2D eigenvalue weighted by Gasteiger charge is 1.96. The summed E-state index contributed by atoms with van der Waals surface area (Å²) < 4.78 is 36.6. The van der Waals surface area contributed by atoms with Crippen LogP contribution in [0.5, 0.6) is 5.75 Å². The fourth-order valence-corrected chi connectivity index (χ4v) is 1.60. The van der Waals surface area contributed by atoms with Crippen LogP contribution in [0.2, 0.25) is 0 Å². The summed E-state index contributed by atoms with van der Waals surface area (Å²) in [7, 11) is -4.67. The molecule has 1 fully saturated rings. The van der Waals surface area contributed by atoms with Crippen LogP contribution in [0, 0.1) is 0 Å². The van der Waals surface area contributed by atoms with Crippen LogP contribution in [0.1, 0.15) is 0 Å². The Morgan fingerprint density at radius 1 is 1.09 bits per heavy atom. The number of pyridine rings is 1. The number of hydrogen-bond acceptors (Lipinski definition) is 6. The average Bonchev–Trinajstić information content (AvgIpc) is 2.49. The van der Waals surface area contributed by atoms with E-state index in [4.69, 9.17) is 22.3 Å². The van der Waals surface area contributed by atoms with Crippen molar-refractivity contribution in [2.24, 2.45) is 0 Å². The fourth-order valence-electron chi connectivity index (χ4n) is 1.60. The highest BCUT2D eigenvalue weighted by molar-refractivity contribution is 7.79. The van der Waals surface area contributed by atoms with Gasteiger partial charge < -0.3 is 15.2 Å². The molecule has 0 aliphatic carbocycles. The molecule has 0 bridgehead atoms. The zero-order valence-corrected chi connectivity index (χ0v) is 12.5. The number of ether oxygens (including phenoxy) is 1. The molecular weight excluding hydrogens is 312 g/mol. The topological polar surface area (TPSA) is 129 Å². The number of benzene rings is 1. The van der Waals surface area contributed by atoms with Gasteiger partial charge in [0.2, 0.25) is 0 Å². The second-order valence-corrected chi connectivity index (χ2v) is 5.06. The van der Waals surface area contributed by atoms with E-state index in [0.717, 1.165) is 31.7 Å². The van der Waals surface area contributed by atoms with Gasteiger partial charge in [-0.1, -0.05) is 18.2 Å². The Bertz CT molecular complexity index is 648. The van der Waals surface area contributed by atoms with Gasteiger partial charge in [0, 0.05) is 24.7 Å². The first kappa shape index (κ1) is 18.3. The Hall–Kier alpha value is -1.78. The van der Waals surface area contributed by atoms with E-state index in [2.05, 4.69) is 10.3 Å². The van der Waals surface area contributed by atoms with Crippen LogP contribution >= 0.6 is 0 Å². The Kier molecular flexibility index (Phi) is 7.71. The Morgan fingerprint density at radius 3 is 2.14 bits per heavy atom. The number of phenolic OH excluding ortho intramolecular Hbond substituents is 1. The van der Waals surface area contributed by atoms with E-state index in [1.165, 1.54) is 0 Å². The van der Waals surface area contributed by atoms with Gasteiger partial charge in [-0.05, 0) is 12.1 Å². The van der Waals surface area contributed by atoms with Gasteiger partial charge >= 0.3 is 10.4 Å². The number of aromatic hydroxyl groups is 1. The summed E-state index contributed by atoms with van der Waals surface area (Å²) in [5.41, 5.74) is 0.662. The van der Waals surface area contributed by atoms with E-state index in [-0.39, 0.29) is 5.75 Å². The van der Waals surface area contributed by atoms with E-state index in [1.807, 2.05) is 18.2 Å². The maximum Gasteiger partial charge on any atom is 0.394 e. The number of nitrogens with zero attached hydrogens (tertiary/aromatic N) is 1. The van der Waals surface area contributed by atoms with Gasteiger partial charge in [0.1, 0.15) is 11.3 Å². The normalized spacial score (nSPS) is 14.3. The molecule has 8 nitrogen and oxygen atoms in total. The van der Waals surface area contributed by atoms with E-state index >= 15 is 0 Å². The molecule has 22 heavy (non-hydrogen) atoms. The van der Waals surface area contributed by atoms with Gasteiger partial charge in [-0.3, -0.25) is 14.1 Å². The van der Waals surface area contributed by atoms with Gasteiger partial charge in [-0.25, -0.2) is 0 Å². The summed E-state index contributed by atoms with van der Waals surface area (Å²) in [6, 6.07) is 9.13. The molecule has 0 spiro atoms. The third-order valence-electron chi connectivity index (χ3n) is 2.46. The van der Waals surface area contributed by atoms with Crippen molar-refractivity contribution in [1.82, 2.24) is 10.3 Å². The highest BCUT2D eigenvalue weighted by atomic mass is 32.3. The van der Waals surface area contributed by atoms with Gasteiger partial charge in [0.05, 0.1) is 13.2 Å². The summed E-state index contributed by atoms with van der Waals surface area (Å²) in [5.74, 6) is 0.239. The summed E-state index contributed by atoms with van der Waals surface area (Å²) >= 11 is 0. The summed E-state index contributed by atoms with van der Waals surface area (Å²) in [4.78, 5) is 4.03. The van der Waals surface area contributed by atoms with E-state index in [0.29, 0.717) is 5.52 Å². The molecule has 1 aromatic carbocycles. The molecule has 4 N–H and O–H groups in total. The Labute approximate surface area is 128 Å². The minimum Gasteiger partial charge on any atom is -0.506 e. The third kappa shape index (κ3) is 8.49. The number of aromatic nitrogens is 1. The van der Waals surface area contributed by atoms with Crippen molar-refractivity contribution in [1.29, 1.82) is 0 Å². The molecule has 2 heterocycles. The van der Waals surface area contributed by atoms with Crippen molar-refractivity contribution in [2.75, 3.05) is 26.3 Å². The number of para-hydroxylation sites is 1. The number of hydrogen-bond donors (Lipinski definition) is 4. The summed E-state index contributed by atoms with van der Waals surface area (Å²) in [6.07, 6.45) is 1.67. The first-order valence-electron chi connectivity index (χ1n) is 6.39. The Morgan fingerprint density at radius 2 is 1.68 bits per heavy atom. The second-order valence-electron chi connectivity index (χ2n) is 4.16. The predicted molar refractivity (Wildman–Crippen MR) is 81.3 cm³/mol. The standard InChI is InChI=1S/C9H7NO.C4H9NO.H2O4S/c11-8-5-1-3-7-4-2-6-10-9(7)8;1-3-6-4-2-5-1;1-5(2,3)4/h1-6,11H;5H,1-4H2;(H2,1,2,3,4). The first-order valence-corrected chi connectivity index (χ1v) is 7.78. The third-order valence-corrected chi connectivity index (χ3v) is 2.46. The number of rotatable bonds is 0. The lowest BCUT2D eigenvalue weighted by atomic mass is 10.2. The van der Waals surface area contributed by atoms with Crippen LogP contribution in [0.25, 0.3) is 10.9 Å². The lowest BCUT2D eigenvalue weighted by Gasteiger charge is -2.10. The lowest BCUT2D eigenvalue weighted by Crippen LogP contribution is -2.30. The van der Waals surface area contributed by atoms with Crippen LogP contribution in [-0.4, -0.2) is 53.9 Å². The molecule has 0 amide bonds. The molecule has 2 aromatic rings. The molecule has 3 rings (SSSR count). The van der Waals surface area contributed by atoms with E-state index in [1.54, 1.807) is 18.3 Å². The van der Waals surface area contributed by atoms with Crippen molar-refractivity contribution in [2.45, 2.75) is 0 Å².